The summed E-state index contributed by atoms with van der Waals surface area (Å²) in [6, 6.07) is 9.88. The van der Waals surface area contributed by atoms with Crippen LogP contribution >= 0.6 is 15.9 Å². The quantitative estimate of drug-likeness (QED) is 0.687. The molecule has 82 valence electrons. The number of pyridine rings is 3. The Morgan fingerprint density at radius 3 is 2.82 bits per heavy atom. The van der Waals surface area contributed by atoms with Gasteiger partial charge in [0.2, 0.25) is 0 Å². The lowest BCUT2D eigenvalue weighted by molar-refractivity contribution is 1.26. The molecule has 0 amide bonds. The van der Waals surface area contributed by atoms with Crippen LogP contribution in [0.3, 0.4) is 0 Å². The smallest absolute Gasteiger partial charge is 0.159 e. The molecule has 0 N–H and O–H groups in total. The van der Waals surface area contributed by atoms with Crippen molar-refractivity contribution in [1.29, 1.82) is 0 Å². The highest BCUT2D eigenvalue weighted by Gasteiger charge is 2.02. The molecule has 0 bridgehead atoms. The number of rotatable bonds is 1. The van der Waals surface area contributed by atoms with Gasteiger partial charge in [-0.2, -0.15) is 0 Å². The minimum atomic E-state index is 0.745. The van der Waals surface area contributed by atoms with Crippen LogP contribution in [0.15, 0.2) is 53.4 Å². The zero-order valence-corrected chi connectivity index (χ0v) is 10.4. The molecule has 17 heavy (non-hydrogen) atoms. The molecule has 4 heteroatoms. The average Bonchev–Trinajstić information content (AvgIpc) is 2.39. The van der Waals surface area contributed by atoms with Gasteiger partial charge in [0, 0.05) is 34.0 Å². The number of fused-ring (bicyclic) bond motifs is 1. The highest BCUT2D eigenvalue weighted by molar-refractivity contribution is 9.10. The molecule has 3 rings (SSSR count). The third-order valence-electron chi connectivity index (χ3n) is 2.47. The number of hydrogen-bond donors (Lipinski definition) is 0. The minimum Gasteiger partial charge on any atom is -0.264 e. The summed E-state index contributed by atoms with van der Waals surface area (Å²) in [5, 5.41) is 1.02. The van der Waals surface area contributed by atoms with E-state index >= 15 is 0 Å². The van der Waals surface area contributed by atoms with Crippen LogP contribution in [0.5, 0.6) is 0 Å². The van der Waals surface area contributed by atoms with Gasteiger partial charge in [0.15, 0.2) is 5.65 Å². The van der Waals surface area contributed by atoms with E-state index in [4.69, 9.17) is 0 Å². The molecule has 0 aliphatic carbocycles. The second-order valence-corrected chi connectivity index (χ2v) is 4.55. The molecule has 3 aromatic heterocycles. The van der Waals surface area contributed by atoms with Crippen molar-refractivity contribution in [3.05, 3.63) is 53.4 Å². The summed E-state index contributed by atoms with van der Waals surface area (Å²) in [6.45, 7) is 0. The summed E-state index contributed by atoms with van der Waals surface area (Å²) in [5.41, 5.74) is 2.63. The van der Waals surface area contributed by atoms with Crippen molar-refractivity contribution in [3.8, 4) is 11.3 Å². The van der Waals surface area contributed by atoms with E-state index in [2.05, 4.69) is 30.9 Å². The molecule has 0 aliphatic heterocycles. The van der Waals surface area contributed by atoms with Crippen molar-refractivity contribution in [2.75, 3.05) is 0 Å². The largest absolute Gasteiger partial charge is 0.264 e. The Hall–Kier alpha value is -1.81. The van der Waals surface area contributed by atoms with Gasteiger partial charge in [-0.1, -0.05) is 0 Å². The Morgan fingerprint density at radius 1 is 1.06 bits per heavy atom. The standard InChI is InChI=1S/C13H8BrN3/c14-11-6-9-3-4-12(17-13(9)16-8-11)10-2-1-5-15-7-10/h1-8H. The fraction of sp³-hybridized carbons (Fsp3) is 0. The molecule has 0 spiro atoms. The van der Waals surface area contributed by atoms with Crippen molar-refractivity contribution in [1.82, 2.24) is 15.0 Å². The Balaban J connectivity index is 2.17. The predicted octanol–water partition coefficient (Wildman–Crippen LogP) is 3.45. The molecule has 0 saturated carbocycles. The lowest BCUT2D eigenvalue weighted by atomic mass is 10.2. The third-order valence-corrected chi connectivity index (χ3v) is 2.90. The number of nitrogens with zero attached hydrogens (tertiary/aromatic N) is 3. The van der Waals surface area contributed by atoms with Crippen molar-refractivity contribution < 1.29 is 0 Å². The maximum absolute atomic E-state index is 4.51. The topological polar surface area (TPSA) is 38.7 Å². The average molecular weight is 286 g/mol. The van der Waals surface area contributed by atoms with E-state index in [1.54, 1.807) is 18.6 Å². The highest BCUT2D eigenvalue weighted by atomic mass is 79.9. The molecule has 0 atom stereocenters. The van der Waals surface area contributed by atoms with Gasteiger partial charge >= 0.3 is 0 Å². The van der Waals surface area contributed by atoms with Gasteiger partial charge in [0.05, 0.1) is 5.69 Å². The number of halogens is 1. The summed E-state index contributed by atoms with van der Waals surface area (Å²) >= 11 is 3.40. The second-order valence-electron chi connectivity index (χ2n) is 3.64. The molecular formula is C13H8BrN3. The molecule has 0 aromatic carbocycles. The minimum absolute atomic E-state index is 0.745. The van der Waals surface area contributed by atoms with Gasteiger partial charge in [-0.15, -0.1) is 0 Å². The van der Waals surface area contributed by atoms with Gasteiger partial charge in [-0.3, -0.25) is 4.98 Å². The van der Waals surface area contributed by atoms with Gasteiger partial charge in [0.1, 0.15) is 0 Å². The van der Waals surface area contributed by atoms with Crippen LogP contribution in [0, 0.1) is 0 Å². The highest BCUT2D eigenvalue weighted by Crippen LogP contribution is 2.20. The Labute approximate surface area is 107 Å². The SMILES string of the molecule is Brc1cnc2nc(-c3cccnc3)ccc2c1. The maximum atomic E-state index is 4.51. The van der Waals surface area contributed by atoms with Crippen LogP contribution in [0.4, 0.5) is 0 Å². The van der Waals surface area contributed by atoms with E-state index < -0.39 is 0 Å². The summed E-state index contributed by atoms with van der Waals surface area (Å²) < 4.78 is 0.959. The zero-order valence-electron chi connectivity index (χ0n) is 8.84. The predicted molar refractivity (Wildman–Crippen MR) is 70.5 cm³/mol. The van der Waals surface area contributed by atoms with E-state index in [0.29, 0.717) is 0 Å². The normalized spacial score (nSPS) is 10.6. The number of aromatic nitrogens is 3. The first-order chi connectivity index (χ1) is 8.33. The first kappa shape index (κ1) is 10.4. The third kappa shape index (κ3) is 2.03. The Kier molecular flexibility index (Phi) is 2.57. The fourth-order valence-electron chi connectivity index (χ4n) is 1.66. The summed E-state index contributed by atoms with van der Waals surface area (Å²) in [4.78, 5) is 12.9. The van der Waals surface area contributed by atoms with Crippen molar-refractivity contribution in [2.24, 2.45) is 0 Å². The van der Waals surface area contributed by atoms with Gasteiger partial charge in [0.25, 0.3) is 0 Å². The van der Waals surface area contributed by atoms with Crippen molar-refractivity contribution >= 4 is 27.0 Å². The van der Waals surface area contributed by atoms with Gasteiger partial charge < -0.3 is 0 Å². The lowest BCUT2D eigenvalue weighted by Gasteiger charge is -2.02. The lowest BCUT2D eigenvalue weighted by Crippen LogP contribution is -1.88. The molecule has 0 radical (unpaired) electrons. The zero-order chi connectivity index (χ0) is 11.7. The van der Waals surface area contributed by atoms with Gasteiger partial charge in [-0.05, 0) is 46.3 Å². The molecule has 3 heterocycles. The summed E-state index contributed by atoms with van der Waals surface area (Å²) in [5.74, 6) is 0. The number of hydrogen-bond acceptors (Lipinski definition) is 3. The summed E-state index contributed by atoms with van der Waals surface area (Å²) in [6.07, 6.45) is 5.30. The first-order valence-corrected chi connectivity index (χ1v) is 5.95. The van der Waals surface area contributed by atoms with Crippen LogP contribution in [-0.4, -0.2) is 15.0 Å². The van der Waals surface area contributed by atoms with E-state index in [1.807, 2.05) is 30.3 Å². The van der Waals surface area contributed by atoms with E-state index in [1.165, 1.54) is 0 Å². The van der Waals surface area contributed by atoms with Crippen LogP contribution in [0.1, 0.15) is 0 Å². The van der Waals surface area contributed by atoms with Crippen molar-refractivity contribution in [3.63, 3.8) is 0 Å². The van der Waals surface area contributed by atoms with Gasteiger partial charge in [-0.25, -0.2) is 9.97 Å². The van der Waals surface area contributed by atoms with E-state index in [0.717, 1.165) is 26.8 Å². The van der Waals surface area contributed by atoms with E-state index in [-0.39, 0.29) is 0 Å². The monoisotopic (exact) mass is 285 g/mol. The van der Waals surface area contributed by atoms with Crippen LogP contribution in [-0.2, 0) is 0 Å². The van der Waals surface area contributed by atoms with Crippen LogP contribution in [0.25, 0.3) is 22.3 Å². The fourth-order valence-corrected chi connectivity index (χ4v) is 2.01. The molecule has 0 unspecified atom stereocenters. The molecule has 3 aromatic rings. The Bertz CT molecular complexity index is 668. The van der Waals surface area contributed by atoms with E-state index in [9.17, 15) is 0 Å². The molecule has 0 aliphatic rings. The van der Waals surface area contributed by atoms with Crippen LogP contribution < -0.4 is 0 Å². The van der Waals surface area contributed by atoms with Crippen molar-refractivity contribution in [2.45, 2.75) is 0 Å². The first-order valence-electron chi connectivity index (χ1n) is 5.16. The molecular weight excluding hydrogens is 278 g/mol. The molecule has 3 nitrogen and oxygen atoms in total. The summed E-state index contributed by atoms with van der Waals surface area (Å²) in [7, 11) is 0. The molecule has 0 saturated heterocycles. The maximum Gasteiger partial charge on any atom is 0.159 e. The Morgan fingerprint density at radius 2 is 2.00 bits per heavy atom. The van der Waals surface area contributed by atoms with Crippen LogP contribution in [0.2, 0.25) is 0 Å². The second kappa shape index (κ2) is 4.22. The molecule has 0 fully saturated rings.